The fourth-order valence-electron chi connectivity index (χ4n) is 4.03. The van der Waals surface area contributed by atoms with Crippen LogP contribution in [0.15, 0.2) is 46.6 Å². The Morgan fingerprint density at radius 1 is 1.02 bits per heavy atom. The molecule has 1 unspecified atom stereocenters. The van der Waals surface area contributed by atoms with Gasteiger partial charge in [0, 0.05) is 18.2 Å². The van der Waals surface area contributed by atoms with Gasteiger partial charge in [-0.2, -0.15) is 27.1 Å². The van der Waals surface area contributed by atoms with Gasteiger partial charge in [0.2, 0.25) is 0 Å². The summed E-state index contributed by atoms with van der Waals surface area (Å²) in [7, 11) is 0. The number of rotatable bonds is 11. The summed E-state index contributed by atoms with van der Waals surface area (Å²) < 4.78 is 111. The Kier molecular flexibility index (Phi) is 9.13. The molecular weight excluding hydrogens is 586 g/mol. The van der Waals surface area contributed by atoms with Crippen LogP contribution in [-0.4, -0.2) is 49.0 Å². The third kappa shape index (κ3) is 7.04. The predicted molar refractivity (Wildman–Crippen MR) is 130 cm³/mol. The van der Waals surface area contributed by atoms with E-state index in [1.54, 1.807) is 5.10 Å². The van der Waals surface area contributed by atoms with Crippen molar-refractivity contribution in [1.29, 1.82) is 0 Å². The van der Waals surface area contributed by atoms with Crippen LogP contribution >= 0.6 is 0 Å². The monoisotopic (exact) mass is 605 g/mol. The number of aryl methyl sites for hydroxylation is 1. The molecule has 0 aliphatic rings. The number of ether oxygens (including phenoxy) is 1. The molecule has 4 aromatic rings. The summed E-state index contributed by atoms with van der Waals surface area (Å²) in [5, 5.41) is 7.17. The lowest BCUT2D eigenvalue weighted by Gasteiger charge is -2.22. The number of H-pyrrole nitrogens is 1. The minimum Gasteiger partial charge on any atom is -0.378 e. The molecule has 1 aromatic carbocycles. The third-order valence-electron chi connectivity index (χ3n) is 5.96. The number of hydrogen-bond acceptors (Lipinski definition) is 8. The number of benzene rings is 1. The molecule has 0 amide bonds. The molecule has 3 aromatic heterocycles. The summed E-state index contributed by atoms with van der Waals surface area (Å²) in [4.78, 5) is 36.1. The van der Waals surface area contributed by atoms with Gasteiger partial charge in [-0.15, -0.1) is 0 Å². The van der Waals surface area contributed by atoms with Crippen LogP contribution in [0.5, 0.6) is 0 Å². The van der Waals surface area contributed by atoms with E-state index in [1.807, 2.05) is 0 Å². The van der Waals surface area contributed by atoms with Crippen LogP contribution < -0.4 is 16.4 Å². The second kappa shape index (κ2) is 12.6. The maximum Gasteiger partial charge on any atom is 0.423 e. The van der Waals surface area contributed by atoms with Crippen LogP contribution in [0, 0.1) is 5.82 Å². The number of anilines is 1. The first-order chi connectivity index (χ1) is 19.8. The average Bonchev–Trinajstić information content (AvgIpc) is 2.92. The SMILES string of the molecule is O=c1[nH]ncc(NC(CCCn2cnc3cc(-c4cnc(C(F)F)cn4)c(F)cc3c2=O)COC(F)F)c1C(F)(F)F. The average molecular weight is 605 g/mol. The zero-order chi connectivity index (χ0) is 30.6. The normalized spacial score (nSPS) is 12.8. The Labute approximate surface area is 229 Å². The van der Waals surface area contributed by atoms with E-state index < -0.39 is 65.7 Å². The number of nitrogens with one attached hydrogen (secondary N) is 2. The highest BCUT2D eigenvalue weighted by atomic mass is 19.4. The third-order valence-corrected chi connectivity index (χ3v) is 5.96. The molecule has 0 bridgehead atoms. The van der Waals surface area contributed by atoms with Crippen LogP contribution in [0.4, 0.5) is 40.8 Å². The van der Waals surface area contributed by atoms with Gasteiger partial charge in [0.15, 0.2) is 0 Å². The Morgan fingerprint density at radius 3 is 2.43 bits per heavy atom. The molecule has 0 saturated heterocycles. The van der Waals surface area contributed by atoms with Crippen molar-refractivity contribution in [3.05, 3.63) is 74.8 Å². The highest BCUT2D eigenvalue weighted by Gasteiger charge is 2.37. The number of aromatic nitrogens is 6. The molecular formula is C24H19F8N7O3. The van der Waals surface area contributed by atoms with Crippen molar-refractivity contribution >= 4 is 16.6 Å². The molecule has 0 aliphatic heterocycles. The van der Waals surface area contributed by atoms with E-state index in [4.69, 9.17) is 0 Å². The van der Waals surface area contributed by atoms with E-state index in [1.165, 1.54) is 6.07 Å². The first kappa shape index (κ1) is 30.5. The predicted octanol–water partition coefficient (Wildman–Crippen LogP) is 4.53. The van der Waals surface area contributed by atoms with Gasteiger partial charge in [0.05, 0.1) is 53.8 Å². The van der Waals surface area contributed by atoms with Crippen LogP contribution in [0.1, 0.15) is 30.5 Å². The van der Waals surface area contributed by atoms with E-state index >= 15 is 0 Å². The van der Waals surface area contributed by atoms with Gasteiger partial charge < -0.3 is 10.1 Å². The van der Waals surface area contributed by atoms with Gasteiger partial charge in [-0.25, -0.2) is 23.3 Å². The second-order valence-corrected chi connectivity index (χ2v) is 8.78. The minimum absolute atomic E-state index is 0.0297. The number of halogens is 8. The molecule has 0 saturated carbocycles. The molecule has 0 spiro atoms. The minimum atomic E-state index is -5.08. The molecule has 18 heteroatoms. The lowest BCUT2D eigenvalue weighted by atomic mass is 10.1. The summed E-state index contributed by atoms with van der Waals surface area (Å²) in [6.07, 6.45) is -4.48. The lowest BCUT2D eigenvalue weighted by molar-refractivity contribution is -0.138. The largest absolute Gasteiger partial charge is 0.423 e. The number of aromatic amines is 1. The summed E-state index contributed by atoms with van der Waals surface area (Å²) >= 11 is 0. The zero-order valence-electron chi connectivity index (χ0n) is 21.0. The molecule has 1 atom stereocenters. The van der Waals surface area contributed by atoms with Crippen molar-refractivity contribution < 1.29 is 39.9 Å². The molecule has 0 radical (unpaired) electrons. The maximum atomic E-state index is 14.9. The maximum absolute atomic E-state index is 14.9. The van der Waals surface area contributed by atoms with E-state index in [0.717, 1.165) is 29.4 Å². The Bertz CT molecular complexity index is 1660. The smallest absolute Gasteiger partial charge is 0.378 e. The fourth-order valence-corrected chi connectivity index (χ4v) is 4.03. The highest BCUT2D eigenvalue weighted by Crippen LogP contribution is 2.32. The first-order valence-corrected chi connectivity index (χ1v) is 12.0. The van der Waals surface area contributed by atoms with Gasteiger partial charge >= 0.3 is 12.8 Å². The van der Waals surface area contributed by atoms with Gasteiger partial charge in [0.25, 0.3) is 17.5 Å². The topological polar surface area (TPSA) is 128 Å². The molecule has 10 nitrogen and oxygen atoms in total. The van der Waals surface area contributed by atoms with Gasteiger partial charge in [-0.3, -0.25) is 24.1 Å². The molecule has 0 fully saturated rings. The Hall–Kier alpha value is -4.48. The standard InChI is InChI=1S/C24H19F8N7O3/c25-14-4-13-15(5-12(14)16-6-34-18(7-33-16)20(26)27)35-10-39(22(13)41)3-1-2-11(9-42-23(28)29)37-17-8-36-38-21(40)19(17)24(30,31)32/h4-8,10-11,20,23H,1-3,9H2,(H2,37,38,40). The number of fused-ring (bicyclic) bond motifs is 1. The van der Waals surface area contributed by atoms with Crippen molar-refractivity contribution in [3.8, 4) is 11.3 Å². The summed E-state index contributed by atoms with van der Waals surface area (Å²) in [5.74, 6) is -0.904. The highest BCUT2D eigenvalue weighted by molar-refractivity contribution is 5.83. The Balaban J connectivity index is 1.52. The van der Waals surface area contributed by atoms with Crippen molar-refractivity contribution in [2.45, 2.75) is 44.6 Å². The summed E-state index contributed by atoms with van der Waals surface area (Å²) in [6, 6.07) is 0.918. The molecule has 42 heavy (non-hydrogen) atoms. The number of alkyl halides is 7. The molecule has 2 N–H and O–H groups in total. The van der Waals surface area contributed by atoms with Crippen LogP contribution in [0.2, 0.25) is 0 Å². The van der Waals surface area contributed by atoms with Gasteiger partial charge in [0.1, 0.15) is 17.1 Å². The van der Waals surface area contributed by atoms with Crippen molar-refractivity contribution in [1.82, 2.24) is 29.7 Å². The quantitative estimate of drug-likeness (QED) is 0.239. The Morgan fingerprint density at radius 2 is 1.79 bits per heavy atom. The molecule has 4 rings (SSSR count). The van der Waals surface area contributed by atoms with Crippen LogP contribution in [0.25, 0.3) is 22.2 Å². The van der Waals surface area contributed by atoms with E-state index in [0.29, 0.717) is 6.20 Å². The van der Waals surface area contributed by atoms with Crippen molar-refractivity contribution in [2.75, 3.05) is 11.9 Å². The lowest BCUT2D eigenvalue weighted by Crippen LogP contribution is -2.32. The number of nitrogens with zero attached hydrogens (tertiary/aromatic N) is 5. The molecule has 0 aliphatic carbocycles. The summed E-state index contributed by atoms with van der Waals surface area (Å²) in [6.45, 7) is -4.07. The van der Waals surface area contributed by atoms with Crippen molar-refractivity contribution in [3.63, 3.8) is 0 Å². The number of hydrogen-bond donors (Lipinski definition) is 2. The van der Waals surface area contributed by atoms with E-state index in [-0.39, 0.29) is 41.5 Å². The van der Waals surface area contributed by atoms with Gasteiger partial charge in [-0.1, -0.05) is 0 Å². The van der Waals surface area contributed by atoms with Crippen LogP contribution in [0.3, 0.4) is 0 Å². The first-order valence-electron chi connectivity index (χ1n) is 12.0. The van der Waals surface area contributed by atoms with Crippen molar-refractivity contribution in [2.24, 2.45) is 0 Å². The molecule has 3 heterocycles. The summed E-state index contributed by atoms with van der Waals surface area (Å²) in [5.41, 5.74) is -5.34. The molecule has 224 valence electrons. The zero-order valence-corrected chi connectivity index (χ0v) is 21.0. The second-order valence-electron chi connectivity index (χ2n) is 8.78. The fraction of sp³-hybridized carbons (Fsp3) is 0.333. The van der Waals surface area contributed by atoms with Gasteiger partial charge in [-0.05, 0) is 25.0 Å². The van der Waals surface area contributed by atoms with E-state index in [2.05, 4.69) is 30.1 Å². The van der Waals surface area contributed by atoms with Crippen LogP contribution in [-0.2, 0) is 17.5 Å². The van der Waals surface area contributed by atoms with E-state index in [9.17, 15) is 44.7 Å².